The molecule has 0 spiro atoms. The molecule has 0 fully saturated rings. The van der Waals surface area contributed by atoms with Gasteiger partial charge in [0.05, 0.1) is 18.8 Å². The van der Waals surface area contributed by atoms with Gasteiger partial charge in [-0.3, -0.25) is 4.99 Å². The fraction of sp³-hybridized carbons (Fsp3) is 0.250. The molecule has 2 aromatic rings. The highest BCUT2D eigenvalue weighted by Crippen LogP contribution is 2.08. The summed E-state index contributed by atoms with van der Waals surface area (Å²) in [6.45, 7) is 0.917. The van der Waals surface area contributed by atoms with Gasteiger partial charge in [0.1, 0.15) is 23.9 Å². The summed E-state index contributed by atoms with van der Waals surface area (Å²) >= 11 is 0. The quantitative estimate of drug-likeness (QED) is 0.858. The monoisotopic (exact) mass is 243 g/mol. The number of aromatic nitrogens is 2. The van der Waals surface area contributed by atoms with Gasteiger partial charge in [0, 0.05) is 12.4 Å². The molecule has 1 atom stereocenters. The second-order valence-electron chi connectivity index (χ2n) is 4.03. The highest BCUT2D eigenvalue weighted by Gasteiger charge is 2.16. The smallest absolute Gasteiger partial charge is 0.137 e. The van der Waals surface area contributed by atoms with Crippen LogP contribution in [0, 0.1) is 0 Å². The average Bonchev–Trinajstić information content (AvgIpc) is 2.80. The zero-order valence-corrected chi connectivity index (χ0v) is 9.73. The lowest BCUT2D eigenvalue weighted by atomic mass is 10.3. The van der Waals surface area contributed by atoms with Crippen LogP contribution in [-0.2, 0) is 11.3 Å². The molecule has 0 aliphatic carbocycles. The van der Waals surface area contributed by atoms with Gasteiger partial charge in [-0.15, -0.1) is 0 Å². The normalized spacial score (nSPS) is 19.1. The first-order valence-electron chi connectivity index (χ1n) is 5.68. The van der Waals surface area contributed by atoms with Gasteiger partial charge in [-0.25, -0.2) is 9.98 Å². The van der Waals surface area contributed by atoms with E-state index in [9.17, 15) is 0 Å². The Kier molecular flexibility index (Phi) is 2.77. The minimum atomic E-state index is -0.250. The number of ether oxygens (including phenoxy) is 1. The number of pyridine rings is 1. The van der Waals surface area contributed by atoms with Crippen molar-refractivity contribution in [1.82, 2.24) is 9.38 Å². The lowest BCUT2D eigenvalue weighted by Gasteiger charge is -2.16. The molecule has 0 radical (unpaired) electrons. The summed E-state index contributed by atoms with van der Waals surface area (Å²) in [4.78, 5) is 12.4. The number of fused-ring (bicyclic) bond motifs is 1. The molecule has 0 bridgehead atoms. The fourth-order valence-electron chi connectivity index (χ4n) is 1.81. The zero-order chi connectivity index (χ0) is 12.4. The van der Waals surface area contributed by atoms with Gasteiger partial charge in [-0.1, -0.05) is 6.07 Å². The van der Waals surface area contributed by atoms with E-state index < -0.39 is 0 Å². The Hall–Kier alpha value is -2.21. The topological polar surface area (TPSA) is 77.3 Å². The third-order valence-electron chi connectivity index (χ3n) is 2.74. The van der Waals surface area contributed by atoms with Crippen LogP contribution in [0.2, 0.25) is 0 Å². The van der Waals surface area contributed by atoms with E-state index in [1.807, 2.05) is 35.0 Å². The first-order valence-corrected chi connectivity index (χ1v) is 5.68. The molecular weight excluding hydrogens is 230 g/mol. The molecule has 6 heteroatoms. The lowest BCUT2D eigenvalue weighted by Crippen LogP contribution is -2.36. The van der Waals surface area contributed by atoms with Gasteiger partial charge in [-0.05, 0) is 12.1 Å². The maximum atomic E-state index is 5.73. The van der Waals surface area contributed by atoms with Crippen molar-refractivity contribution < 1.29 is 4.74 Å². The van der Waals surface area contributed by atoms with E-state index in [4.69, 9.17) is 10.5 Å². The van der Waals surface area contributed by atoms with Crippen molar-refractivity contribution in [2.24, 2.45) is 15.7 Å². The van der Waals surface area contributed by atoms with Crippen LogP contribution in [0.25, 0.3) is 5.65 Å². The molecule has 1 aliphatic heterocycles. The van der Waals surface area contributed by atoms with Crippen molar-refractivity contribution in [1.29, 1.82) is 0 Å². The van der Waals surface area contributed by atoms with Crippen molar-refractivity contribution in [2.75, 3.05) is 6.54 Å². The fourth-order valence-corrected chi connectivity index (χ4v) is 1.81. The Morgan fingerprint density at radius 1 is 1.44 bits per heavy atom. The van der Waals surface area contributed by atoms with Crippen molar-refractivity contribution in [3.63, 3.8) is 0 Å². The molecule has 6 nitrogen and oxygen atoms in total. The van der Waals surface area contributed by atoms with Crippen LogP contribution in [0.4, 0.5) is 0 Å². The Balaban J connectivity index is 1.70. The first kappa shape index (κ1) is 10.9. The van der Waals surface area contributed by atoms with Gasteiger partial charge in [-0.2, -0.15) is 0 Å². The summed E-state index contributed by atoms with van der Waals surface area (Å²) in [5.41, 5.74) is 7.49. The van der Waals surface area contributed by atoms with E-state index in [1.54, 1.807) is 0 Å². The van der Waals surface area contributed by atoms with E-state index >= 15 is 0 Å². The molecule has 1 aliphatic rings. The maximum absolute atomic E-state index is 5.73. The molecule has 18 heavy (non-hydrogen) atoms. The number of amidine groups is 1. The number of aliphatic imine (C=N–C) groups is 2. The molecule has 0 saturated heterocycles. The third kappa shape index (κ3) is 2.10. The second-order valence-corrected chi connectivity index (χ2v) is 4.03. The maximum Gasteiger partial charge on any atom is 0.137 e. The van der Waals surface area contributed by atoms with Crippen molar-refractivity contribution in [2.45, 2.75) is 12.7 Å². The van der Waals surface area contributed by atoms with Crippen molar-refractivity contribution in [3.05, 3.63) is 36.3 Å². The molecule has 3 rings (SSSR count). The lowest BCUT2D eigenvalue weighted by molar-refractivity contribution is 0.0866. The van der Waals surface area contributed by atoms with Gasteiger partial charge < -0.3 is 14.9 Å². The number of hydrogen-bond acceptors (Lipinski definition) is 5. The molecule has 0 aromatic carbocycles. The molecule has 2 N–H and O–H groups in total. The van der Waals surface area contributed by atoms with Crippen LogP contribution >= 0.6 is 0 Å². The summed E-state index contributed by atoms with van der Waals surface area (Å²) in [7, 11) is 0. The van der Waals surface area contributed by atoms with Gasteiger partial charge >= 0.3 is 0 Å². The zero-order valence-electron chi connectivity index (χ0n) is 9.73. The molecule has 0 saturated carbocycles. The van der Waals surface area contributed by atoms with Crippen LogP contribution < -0.4 is 5.73 Å². The summed E-state index contributed by atoms with van der Waals surface area (Å²) < 4.78 is 7.62. The van der Waals surface area contributed by atoms with E-state index in [0.29, 0.717) is 19.0 Å². The van der Waals surface area contributed by atoms with Crippen LogP contribution in [0.15, 0.2) is 40.6 Å². The SMILES string of the molecule is NC1=NC=NCC1OCc1cn2ccccc2n1. The highest BCUT2D eigenvalue weighted by atomic mass is 16.5. The van der Waals surface area contributed by atoms with Crippen LogP contribution in [0.1, 0.15) is 5.69 Å². The molecular formula is C12H13N5O. The highest BCUT2D eigenvalue weighted by molar-refractivity contribution is 5.92. The van der Waals surface area contributed by atoms with Crippen molar-refractivity contribution >= 4 is 17.8 Å². The predicted octanol–water partition coefficient (Wildman–Crippen LogP) is 0.619. The van der Waals surface area contributed by atoms with Crippen LogP contribution in [0.3, 0.4) is 0 Å². The number of hydrogen-bond donors (Lipinski definition) is 1. The standard InChI is InChI=1S/C12H13N5O/c13-12-10(5-14-8-15-12)18-7-9-6-17-4-2-1-3-11(17)16-9/h1-4,6,8,10H,5,7H2,(H2,13,14,15). The Bertz CT molecular complexity index is 583. The number of rotatable bonds is 3. The van der Waals surface area contributed by atoms with E-state index in [0.717, 1.165) is 11.3 Å². The number of imidazole rings is 1. The summed E-state index contributed by atoms with van der Waals surface area (Å²) in [5.74, 6) is 0.466. The minimum absolute atomic E-state index is 0.250. The third-order valence-corrected chi connectivity index (χ3v) is 2.74. The van der Waals surface area contributed by atoms with Gasteiger partial charge in [0.2, 0.25) is 0 Å². The Labute approximate surface area is 104 Å². The summed E-state index contributed by atoms with van der Waals surface area (Å²) in [5, 5.41) is 0. The van der Waals surface area contributed by atoms with Crippen molar-refractivity contribution in [3.8, 4) is 0 Å². The van der Waals surface area contributed by atoms with E-state index in [2.05, 4.69) is 15.0 Å². The summed E-state index contributed by atoms with van der Waals surface area (Å²) in [6.07, 6.45) is 5.10. The molecule has 1 unspecified atom stereocenters. The average molecular weight is 243 g/mol. The summed E-state index contributed by atoms with van der Waals surface area (Å²) in [6, 6.07) is 5.86. The number of nitrogens with two attached hydrogens (primary N) is 1. The molecule has 0 amide bonds. The first-order chi connectivity index (χ1) is 8.83. The predicted molar refractivity (Wildman–Crippen MR) is 68.8 cm³/mol. The molecule has 3 heterocycles. The molecule has 92 valence electrons. The van der Waals surface area contributed by atoms with Gasteiger partial charge in [0.15, 0.2) is 0 Å². The minimum Gasteiger partial charge on any atom is -0.385 e. The largest absolute Gasteiger partial charge is 0.385 e. The van der Waals surface area contributed by atoms with Gasteiger partial charge in [0.25, 0.3) is 0 Å². The molecule has 2 aromatic heterocycles. The van der Waals surface area contributed by atoms with E-state index in [1.165, 1.54) is 6.34 Å². The second kappa shape index (κ2) is 4.58. The van der Waals surface area contributed by atoms with E-state index in [-0.39, 0.29) is 6.10 Å². The Morgan fingerprint density at radius 3 is 3.22 bits per heavy atom. The number of nitrogens with zero attached hydrogens (tertiary/aromatic N) is 4. The van der Waals surface area contributed by atoms with Crippen LogP contribution in [0.5, 0.6) is 0 Å². The van der Waals surface area contributed by atoms with Crippen LogP contribution in [-0.4, -0.2) is 34.2 Å². The Morgan fingerprint density at radius 2 is 2.39 bits per heavy atom.